The number of nitrogens with one attached hydrogen (secondary N) is 1. The van der Waals surface area contributed by atoms with Crippen molar-refractivity contribution >= 4 is 29.6 Å². The van der Waals surface area contributed by atoms with Gasteiger partial charge < -0.3 is 15.0 Å². The molecule has 1 aromatic carbocycles. The number of methoxy groups -OCH3 is 1. The molecule has 1 saturated heterocycles. The molecule has 1 fully saturated rings. The number of halogens is 1. The maximum Gasteiger partial charge on any atom is 0.308 e. The van der Waals surface area contributed by atoms with Crippen LogP contribution in [-0.2, 0) is 23.9 Å². The average molecular weight is 432 g/mol. The van der Waals surface area contributed by atoms with Crippen molar-refractivity contribution in [1.29, 1.82) is 0 Å². The minimum absolute atomic E-state index is 0.0979. The standard InChI is InChI=1S/C23H29FN2O5/c1-15(2)17-11-19(23(30)25-18(20(27)13-24)12-22(29)31-3)26(14-17)21(28)10-9-16-7-5-4-6-8-16/h4-10,15,17-19H,11-14H2,1-3H3,(H,25,30)/b10-9+/t17-,18+,19+/m1/s1. The van der Waals surface area contributed by atoms with Gasteiger partial charge in [-0.2, -0.15) is 0 Å². The minimum Gasteiger partial charge on any atom is -0.469 e. The van der Waals surface area contributed by atoms with Crippen molar-refractivity contribution in [3.63, 3.8) is 0 Å². The van der Waals surface area contributed by atoms with Crippen molar-refractivity contribution in [1.82, 2.24) is 10.2 Å². The molecule has 0 saturated carbocycles. The number of carbonyl (C=O) groups is 4. The lowest BCUT2D eigenvalue weighted by Gasteiger charge is -2.25. The molecule has 2 amide bonds. The highest BCUT2D eigenvalue weighted by Crippen LogP contribution is 2.29. The summed E-state index contributed by atoms with van der Waals surface area (Å²) in [5, 5.41) is 2.45. The van der Waals surface area contributed by atoms with Gasteiger partial charge >= 0.3 is 5.97 Å². The van der Waals surface area contributed by atoms with Gasteiger partial charge in [-0.1, -0.05) is 44.2 Å². The van der Waals surface area contributed by atoms with E-state index in [-0.39, 0.29) is 17.7 Å². The van der Waals surface area contributed by atoms with Gasteiger partial charge in [-0.05, 0) is 29.9 Å². The number of ether oxygens (including phenoxy) is 1. The molecule has 0 unspecified atom stereocenters. The van der Waals surface area contributed by atoms with Gasteiger partial charge in [0, 0.05) is 12.6 Å². The first kappa shape index (κ1) is 24.2. The molecule has 31 heavy (non-hydrogen) atoms. The van der Waals surface area contributed by atoms with Gasteiger partial charge in [0.1, 0.15) is 18.8 Å². The van der Waals surface area contributed by atoms with E-state index in [2.05, 4.69) is 10.1 Å². The summed E-state index contributed by atoms with van der Waals surface area (Å²) >= 11 is 0. The van der Waals surface area contributed by atoms with E-state index < -0.39 is 42.8 Å². The zero-order chi connectivity index (χ0) is 23.0. The Hall–Kier alpha value is -3.03. The van der Waals surface area contributed by atoms with E-state index in [9.17, 15) is 23.6 Å². The fraction of sp³-hybridized carbons (Fsp3) is 0.478. The number of likely N-dealkylation sites (tertiary alicyclic amines) is 1. The summed E-state index contributed by atoms with van der Waals surface area (Å²) in [7, 11) is 1.14. The number of esters is 1. The van der Waals surface area contributed by atoms with Crippen molar-refractivity contribution in [2.45, 2.75) is 38.8 Å². The molecule has 0 radical (unpaired) electrons. The summed E-state index contributed by atoms with van der Waals surface area (Å²) < 4.78 is 17.5. The Morgan fingerprint density at radius 1 is 1.23 bits per heavy atom. The SMILES string of the molecule is COC(=O)C[C@H](NC(=O)[C@@H]1C[C@@H](C(C)C)CN1C(=O)/C=C/c1ccccc1)C(=O)CF. The average Bonchev–Trinajstić information content (AvgIpc) is 3.23. The highest BCUT2D eigenvalue weighted by atomic mass is 19.1. The molecule has 3 atom stereocenters. The molecule has 1 aromatic rings. The number of amides is 2. The highest BCUT2D eigenvalue weighted by molar-refractivity contribution is 5.98. The van der Waals surface area contributed by atoms with Crippen LogP contribution >= 0.6 is 0 Å². The van der Waals surface area contributed by atoms with Crippen molar-refractivity contribution in [2.24, 2.45) is 11.8 Å². The van der Waals surface area contributed by atoms with Crippen LogP contribution in [-0.4, -0.2) is 60.9 Å². The Kier molecular flexibility index (Phi) is 8.90. The van der Waals surface area contributed by atoms with Crippen LogP contribution in [0.25, 0.3) is 6.08 Å². The van der Waals surface area contributed by atoms with Crippen LogP contribution in [0.15, 0.2) is 36.4 Å². The van der Waals surface area contributed by atoms with Crippen molar-refractivity contribution in [3.05, 3.63) is 42.0 Å². The van der Waals surface area contributed by atoms with E-state index in [1.165, 1.54) is 11.0 Å². The van der Waals surface area contributed by atoms with Crippen molar-refractivity contribution in [2.75, 3.05) is 20.3 Å². The molecule has 168 valence electrons. The molecule has 0 aliphatic carbocycles. The van der Waals surface area contributed by atoms with Crippen molar-refractivity contribution in [3.8, 4) is 0 Å². The molecule has 8 heteroatoms. The van der Waals surface area contributed by atoms with E-state index in [1.54, 1.807) is 6.08 Å². The molecule has 0 bridgehead atoms. The lowest BCUT2D eigenvalue weighted by Crippen LogP contribution is -2.51. The number of rotatable bonds is 9. The Balaban J connectivity index is 2.17. The molecule has 1 heterocycles. The van der Waals surface area contributed by atoms with Gasteiger partial charge in [-0.25, -0.2) is 4.39 Å². The Morgan fingerprint density at radius 2 is 1.90 bits per heavy atom. The highest BCUT2D eigenvalue weighted by Gasteiger charge is 2.41. The van der Waals surface area contributed by atoms with Crippen LogP contribution in [0, 0.1) is 11.8 Å². The molecule has 1 aliphatic heterocycles. The lowest BCUT2D eigenvalue weighted by molar-refractivity contribution is -0.144. The zero-order valence-corrected chi connectivity index (χ0v) is 18.0. The van der Waals surface area contributed by atoms with Gasteiger partial charge in [0.15, 0.2) is 5.78 Å². The third-order valence-corrected chi connectivity index (χ3v) is 5.52. The number of hydrogen-bond acceptors (Lipinski definition) is 5. The second kappa shape index (κ2) is 11.4. The summed E-state index contributed by atoms with van der Waals surface area (Å²) in [6.07, 6.45) is 3.04. The van der Waals surface area contributed by atoms with E-state index in [0.717, 1.165) is 12.7 Å². The summed E-state index contributed by atoms with van der Waals surface area (Å²) in [5.41, 5.74) is 0.850. The maximum absolute atomic E-state index is 12.9. The topological polar surface area (TPSA) is 92.8 Å². The van der Waals surface area contributed by atoms with Crippen LogP contribution in [0.1, 0.15) is 32.3 Å². The number of ketones is 1. The van der Waals surface area contributed by atoms with Crippen molar-refractivity contribution < 1.29 is 28.3 Å². The number of Topliss-reactive ketones (excluding diaryl/α,β-unsaturated/α-hetero) is 1. The third-order valence-electron chi connectivity index (χ3n) is 5.52. The number of hydrogen-bond donors (Lipinski definition) is 1. The van der Waals surface area contributed by atoms with E-state index in [4.69, 9.17) is 0 Å². The van der Waals surface area contributed by atoms with E-state index in [0.29, 0.717) is 13.0 Å². The maximum atomic E-state index is 12.9. The molecule has 1 N–H and O–H groups in total. The summed E-state index contributed by atoms with van der Waals surface area (Å²) in [6, 6.07) is 7.15. The number of benzene rings is 1. The normalized spacial score (nSPS) is 19.5. The van der Waals surface area contributed by atoms with Crippen LogP contribution in [0.4, 0.5) is 4.39 Å². The summed E-state index contributed by atoms with van der Waals surface area (Å²) in [6.45, 7) is 3.11. The number of alkyl halides is 1. The molecule has 2 rings (SSSR count). The second-order valence-electron chi connectivity index (χ2n) is 7.93. The predicted molar refractivity (Wildman–Crippen MR) is 113 cm³/mol. The Morgan fingerprint density at radius 3 is 2.48 bits per heavy atom. The third kappa shape index (κ3) is 6.73. The van der Waals surface area contributed by atoms with Gasteiger partial charge in [-0.15, -0.1) is 0 Å². The van der Waals surface area contributed by atoms with Crippen LogP contribution in [0.3, 0.4) is 0 Å². The van der Waals surface area contributed by atoms with E-state index in [1.807, 2.05) is 44.2 Å². The van der Waals surface area contributed by atoms with E-state index >= 15 is 0 Å². The molecule has 7 nitrogen and oxygen atoms in total. The van der Waals surface area contributed by atoms with Crippen LogP contribution in [0.2, 0.25) is 0 Å². The van der Waals surface area contributed by atoms with Gasteiger partial charge in [0.05, 0.1) is 13.5 Å². The first-order valence-corrected chi connectivity index (χ1v) is 10.3. The number of carbonyl (C=O) groups excluding carboxylic acids is 4. The molecular weight excluding hydrogens is 403 g/mol. The Bertz CT molecular complexity index is 825. The smallest absolute Gasteiger partial charge is 0.308 e. The Labute approximate surface area is 181 Å². The van der Waals surface area contributed by atoms with Gasteiger partial charge in [0.2, 0.25) is 11.8 Å². The fourth-order valence-corrected chi connectivity index (χ4v) is 3.53. The minimum atomic E-state index is -1.33. The van der Waals surface area contributed by atoms with Crippen LogP contribution in [0.5, 0.6) is 0 Å². The quantitative estimate of drug-likeness (QED) is 0.477. The summed E-state index contributed by atoms with van der Waals surface area (Å²) in [4.78, 5) is 50.7. The first-order valence-electron chi connectivity index (χ1n) is 10.3. The van der Waals surface area contributed by atoms with Gasteiger partial charge in [-0.3, -0.25) is 19.2 Å². The second-order valence-corrected chi connectivity index (χ2v) is 7.93. The van der Waals surface area contributed by atoms with Crippen LogP contribution < -0.4 is 5.32 Å². The monoisotopic (exact) mass is 432 g/mol. The predicted octanol–water partition coefficient (Wildman–Crippen LogP) is 2.16. The zero-order valence-electron chi connectivity index (χ0n) is 18.0. The first-order chi connectivity index (χ1) is 14.8. The lowest BCUT2D eigenvalue weighted by atomic mass is 9.93. The molecule has 0 spiro atoms. The molecular formula is C23H29FN2O5. The summed E-state index contributed by atoms with van der Waals surface area (Å²) in [5.74, 6) is -2.23. The van der Waals surface area contributed by atoms with Gasteiger partial charge in [0.25, 0.3) is 0 Å². The number of nitrogens with zero attached hydrogens (tertiary/aromatic N) is 1. The molecule has 1 aliphatic rings. The molecule has 0 aromatic heterocycles. The largest absolute Gasteiger partial charge is 0.469 e. The fourth-order valence-electron chi connectivity index (χ4n) is 3.53.